The molecule has 112 valence electrons. The number of carboxylic acid groups (broad SMARTS) is 1. The van der Waals surface area contributed by atoms with Gasteiger partial charge in [0, 0.05) is 19.3 Å². The van der Waals surface area contributed by atoms with E-state index >= 15 is 0 Å². The Kier molecular flexibility index (Phi) is 6.49. The molecule has 0 saturated heterocycles. The smallest absolute Gasteiger partial charge is 0.337 e. The fraction of sp³-hybridized carbons (Fsp3) is 0.625. The molecule has 1 aromatic heterocycles. The van der Waals surface area contributed by atoms with Gasteiger partial charge in [-0.05, 0) is 36.8 Å². The van der Waals surface area contributed by atoms with Crippen LogP contribution in [0.1, 0.15) is 50.9 Å². The predicted octanol–water partition coefficient (Wildman–Crippen LogP) is 3.68. The molecule has 0 unspecified atom stereocenters. The number of carboxylic acids is 1. The first kappa shape index (κ1) is 16.5. The summed E-state index contributed by atoms with van der Waals surface area (Å²) in [6.45, 7) is 10.8. The molecule has 0 aromatic carbocycles. The fourth-order valence-electron chi connectivity index (χ4n) is 1.87. The third-order valence-corrected chi connectivity index (χ3v) is 3.27. The molecule has 0 spiro atoms. The minimum absolute atomic E-state index is 0.237. The van der Waals surface area contributed by atoms with Crippen molar-refractivity contribution in [2.75, 3.05) is 18.0 Å². The molecule has 0 aliphatic heterocycles. The van der Waals surface area contributed by atoms with E-state index in [1.807, 2.05) is 6.07 Å². The highest BCUT2D eigenvalue weighted by Gasteiger charge is 2.11. The monoisotopic (exact) mass is 278 g/mol. The molecule has 0 aliphatic rings. The van der Waals surface area contributed by atoms with Crippen molar-refractivity contribution in [2.24, 2.45) is 11.8 Å². The van der Waals surface area contributed by atoms with E-state index in [9.17, 15) is 4.79 Å². The van der Waals surface area contributed by atoms with Crippen LogP contribution in [0.2, 0.25) is 0 Å². The molecule has 1 rings (SSSR count). The molecule has 0 saturated carbocycles. The Morgan fingerprint density at radius 3 is 2.05 bits per heavy atom. The van der Waals surface area contributed by atoms with E-state index in [1.165, 1.54) is 6.20 Å². The van der Waals surface area contributed by atoms with Crippen LogP contribution in [0.25, 0.3) is 0 Å². The summed E-state index contributed by atoms with van der Waals surface area (Å²) in [6, 6.07) is 3.44. The lowest BCUT2D eigenvalue weighted by Gasteiger charge is -2.25. The van der Waals surface area contributed by atoms with Crippen LogP contribution < -0.4 is 4.90 Å². The molecule has 0 radical (unpaired) electrons. The van der Waals surface area contributed by atoms with Gasteiger partial charge in [0.05, 0.1) is 5.56 Å². The van der Waals surface area contributed by atoms with Crippen molar-refractivity contribution < 1.29 is 9.90 Å². The van der Waals surface area contributed by atoms with Crippen LogP contribution in [-0.2, 0) is 0 Å². The maximum atomic E-state index is 10.9. The number of hydrogen-bond donors (Lipinski definition) is 1. The summed E-state index contributed by atoms with van der Waals surface area (Å²) in [5.41, 5.74) is 0.237. The number of aromatic carboxylic acids is 1. The number of rotatable bonds is 8. The van der Waals surface area contributed by atoms with Crippen LogP contribution in [0, 0.1) is 11.8 Å². The molecule has 0 amide bonds. The molecule has 4 nitrogen and oxygen atoms in total. The van der Waals surface area contributed by atoms with Crippen LogP contribution in [-0.4, -0.2) is 29.1 Å². The van der Waals surface area contributed by atoms with Crippen LogP contribution in [0.3, 0.4) is 0 Å². The van der Waals surface area contributed by atoms with Gasteiger partial charge in [-0.1, -0.05) is 27.7 Å². The predicted molar refractivity (Wildman–Crippen MR) is 82.3 cm³/mol. The van der Waals surface area contributed by atoms with Gasteiger partial charge in [0.1, 0.15) is 5.82 Å². The highest BCUT2D eigenvalue weighted by atomic mass is 16.4. The minimum atomic E-state index is -0.931. The Labute approximate surface area is 121 Å². The second kappa shape index (κ2) is 7.88. The van der Waals surface area contributed by atoms with Gasteiger partial charge in [0.2, 0.25) is 0 Å². The van der Waals surface area contributed by atoms with Crippen LogP contribution in [0.5, 0.6) is 0 Å². The fourth-order valence-corrected chi connectivity index (χ4v) is 1.87. The first-order valence-corrected chi connectivity index (χ1v) is 7.34. The molecule has 1 aromatic rings. The van der Waals surface area contributed by atoms with Crippen molar-refractivity contribution in [1.29, 1.82) is 0 Å². The van der Waals surface area contributed by atoms with E-state index in [4.69, 9.17) is 5.11 Å². The standard InChI is InChI=1S/C16H26N2O2/c1-12(2)7-9-18(10-8-13(3)4)15-6-5-14(11-17-15)16(19)20/h5-6,11-13H,7-10H2,1-4H3,(H,19,20). The maximum absolute atomic E-state index is 10.9. The van der Waals surface area contributed by atoms with Gasteiger partial charge in [-0.15, -0.1) is 0 Å². The highest BCUT2D eigenvalue weighted by molar-refractivity contribution is 5.87. The molecular weight excluding hydrogens is 252 g/mol. The number of carbonyl (C=O) groups is 1. The second-order valence-corrected chi connectivity index (χ2v) is 6.06. The van der Waals surface area contributed by atoms with E-state index in [0.29, 0.717) is 11.8 Å². The molecule has 0 atom stereocenters. The zero-order valence-corrected chi connectivity index (χ0v) is 13.0. The average Bonchev–Trinajstić information content (AvgIpc) is 2.38. The van der Waals surface area contributed by atoms with Crippen LogP contribution in [0.15, 0.2) is 18.3 Å². The van der Waals surface area contributed by atoms with Crippen LogP contribution >= 0.6 is 0 Å². The minimum Gasteiger partial charge on any atom is -0.478 e. The molecule has 0 bridgehead atoms. The normalized spacial score (nSPS) is 11.1. The Morgan fingerprint density at radius 1 is 1.15 bits per heavy atom. The van der Waals surface area contributed by atoms with Gasteiger partial charge in [0.15, 0.2) is 0 Å². The quantitative estimate of drug-likeness (QED) is 0.788. The maximum Gasteiger partial charge on any atom is 0.337 e. The van der Waals surface area contributed by atoms with Gasteiger partial charge in [-0.25, -0.2) is 9.78 Å². The molecule has 0 fully saturated rings. The van der Waals surface area contributed by atoms with Crippen LogP contribution in [0.4, 0.5) is 5.82 Å². The number of nitrogens with zero attached hydrogens (tertiary/aromatic N) is 2. The van der Waals surface area contributed by atoms with E-state index < -0.39 is 5.97 Å². The van der Waals surface area contributed by atoms with Crippen molar-refractivity contribution in [2.45, 2.75) is 40.5 Å². The second-order valence-electron chi connectivity index (χ2n) is 6.06. The van der Waals surface area contributed by atoms with E-state index in [1.54, 1.807) is 6.07 Å². The lowest BCUT2D eigenvalue weighted by Crippen LogP contribution is -2.28. The van der Waals surface area contributed by atoms with Crippen molar-refractivity contribution in [3.8, 4) is 0 Å². The summed E-state index contributed by atoms with van der Waals surface area (Å²) in [5.74, 6) is 1.24. The molecule has 4 heteroatoms. The van der Waals surface area contributed by atoms with Gasteiger partial charge in [-0.3, -0.25) is 0 Å². The lowest BCUT2D eigenvalue weighted by molar-refractivity contribution is 0.0696. The summed E-state index contributed by atoms with van der Waals surface area (Å²) in [7, 11) is 0. The zero-order chi connectivity index (χ0) is 15.1. The summed E-state index contributed by atoms with van der Waals surface area (Å²) in [4.78, 5) is 17.4. The Hall–Kier alpha value is -1.58. The van der Waals surface area contributed by atoms with Crippen molar-refractivity contribution in [3.63, 3.8) is 0 Å². The Morgan fingerprint density at radius 2 is 1.70 bits per heavy atom. The topological polar surface area (TPSA) is 53.4 Å². The SMILES string of the molecule is CC(C)CCN(CCC(C)C)c1ccc(C(=O)O)cn1. The summed E-state index contributed by atoms with van der Waals surface area (Å²) >= 11 is 0. The first-order valence-electron chi connectivity index (χ1n) is 7.34. The molecule has 0 aliphatic carbocycles. The third-order valence-electron chi connectivity index (χ3n) is 3.27. The van der Waals surface area contributed by atoms with E-state index in [-0.39, 0.29) is 5.56 Å². The highest BCUT2D eigenvalue weighted by Crippen LogP contribution is 2.15. The van der Waals surface area contributed by atoms with Gasteiger partial charge in [0.25, 0.3) is 0 Å². The molecule has 1 N–H and O–H groups in total. The third kappa shape index (κ3) is 5.59. The molecule has 20 heavy (non-hydrogen) atoms. The zero-order valence-electron chi connectivity index (χ0n) is 13.0. The summed E-state index contributed by atoms with van der Waals surface area (Å²) in [6.07, 6.45) is 3.66. The number of anilines is 1. The van der Waals surface area contributed by atoms with Crippen molar-refractivity contribution >= 4 is 11.8 Å². The largest absolute Gasteiger partial charge is 0.478 e. The summed E-state index contributed by atoms with van der Waals surface area (Å²) < 4.78 is 0. The van der Waals surface area contributed by atoms with E-state index in [2.05, 4.69) is 37.6 Å². The number of pyridine rings is 1. The van der Waals surface area contributed by atoms with Gasteiger partial charge in [-0.2, -0.15) is 0 Å². The Balaban J connectivity index is 2.76. The van der Waals surface area contributed by atoms with Crippen molar-refractivity contribution in [1.82, 2.24) is 4.98 Å². The molecular formula is C16H26N2O2. The van der Waals surface area contributed by atoms with Crippen molar-refractivity contribution in [3.05, 3.63) is 23.9 Å². The number of aromatic nitrogens is 1. The summed E-state index contributed by atoms with van der Waals surface area (Å²) in [5, 5.41) is 8.91. The Bertz CT molecular complexity index is 401. The average molecular weight is 278 g/mol. The van der Waals surface area contributed by atoms with E-state index in [0.717, 1.165) is 31.7 Å². The number of hydrogen-bond acceptors (Lipinski definition) is 3. The first-order chi connectivity index (χ1) is 9.40. The van der Waals surface area contributed by atoms with Gasteiger partial charge >= 0.3 is 5.97 Å². The van der Waals surface area contributed by atoms with Gasteiger partial charge < -0.3 is 10.0 Å². The lowest BCUT2D eigenvalue weighted by atomic mass is 10.1. The molecule has 1 heterocycles.